The summed E-state index contributed by atoms with van der Waals surface area (Å²) in [6.45, 7) is 8.99. The summed E-state index contributed by atoms with van der Waals surface area (Å²) in [5, 5.41) is 0. The van der Waals surface area contributed by atoms with E-state index in [9.17, 15) is 4.79 Å². The van der Waals surface area contributed by atoms with E-state index in [-0.39, 0.29) is 5.91 Å². The Morgan fingerprint density at radius 3 is 2.33 bits per heavy atom. The lowest BCUT2D eigenvalue weighted by atomic mass is 10.2. The average Bonchev–Trinajstić information content (AvgIpc) is 2.74. The van der Waals surface area contributed by atoms with Gasteiger partial charge < -0.3 is 9.47 Å². The fourth-order valence-electron chi connectivity index (χ4n) is 2.92. The maximum absolute atomic E-state index is 12.7. The quantitative estimate of drug-likeness (QED) is 0.834. The molecule has 0 aliphatic rings. The normalized spacial score (nSPS) is 11.0. The molecule has 0 aliphatic carbocycles. The summed E-state index contributed by atoms with van der Waals surface area (Å²) in [6, 6.07) is 12.4. The molecule has 0 saturated carbocycles. The third-order valence-electron chi connectivity index (χ3n) is 3.84. The van der Waals surface area contributed by atoms with Gasteiger partial charge in [0.1, 0.15) is 0 Å². The zero-order chi connectivity index (χ0) is 15.6. The first-order valence-corrected chi connectivity index (χ1v) is 7.39. The molecule has 0 spiro atoms. The molecular formula is C18H24N2O. The van der Waals surface area contributed by atoms with Crippen LogP contribution in [0, 0.1) is 13.8 Å². The second kappa shape index (κ2) is 6.17. The summed E-state index contributed by atoms with van der Waals surface area (Å²) in [5.74, 6) is 0.0823. The average molecular weight is 284 g/mol. The molecule has 1 aromatic heterocycles. The van der Waals surface area contributed by atoms with E-state index in [1.54, 1.807) is 4.90 Å². The van der Waals surface area contributed by atoms with Crippen molar-refractivity contribution in [1.82, 2.24) is 9.47 Å². The lowest BCUT2D eigenvalue weighted by Crippen LogP contribution is -2.26. The largest absolute Gasteiger partial charge is 0.346 e. The molecule has 112 valence electrons. The van der Waals surface area contributed by atoms with E-state index in [1.165, 1.54) is 0 Å². The van der Waals surface area contributed by atoms with Crippen molar-refractivity contribution in [2.75, 3.05) is 7.05 Å². The smallest absolute Gasteiger partial charge is 0.255 e. The Balaban J connectivity index is 2.22. The molecular weight excluding hydrogens is 260 g/mol. The van der Waals surface area contributed by atoms with Crippen molar-refractivity contribution >= 4 is 5.91 Å². The first kappa shape index (κ1) is 15.4. The highest BCUT2D eigenvalue weighted by atomic mass is 16.2. The van der Waals surface area contributed by atoms with Crippen molar-refractivity contribution < 1.29 is 4.79 Å². The lowest BCUT2D eigenvalue weighted by Gasteiger charge is -2.18. The first-order chi connectivity index (χ1) is 9.91. The van der Waals surface area contributed by atoms with E-state index in [4.69, 9.17) is 0 Å². The van der Waals surface area contributed by atoms with Gasteiger partial charge in [-0.3, -0.25) is 4.79 Å². The number of benzene rings is 1. The molecule has 1 aromatic carbocycles. The Morgan fingerprint density at radius 1 is 1.19 bits per heavy atom. The Kier molecular flexibility index (Phi) is 4.51. The number of hydrogen-bond acceptors (Lipinski definition) is 1. The highest BCUT2D eigenvalue weighted by Gasteiger charge is 2.20. The van der Waals surface area contributed by atoms with E-state index in [0.717, 1.165) is 22.5 Å². The third kappa shape index (κ3) is 3.18. The number of amides is 1. The van der Waals surface area contributed by atoms with E-state index < -0.39 is 0 Å². The van der Waals surface area contributed by atoms with Gasteiger partial charge >= 0.3 is 0 Å². The maximum atomic E-state index is 12.7. The number of carbonyl (C=O) groups excluding carboxylic acids is 1. The minimum absolute atomic E-state index is 0.0823. The Hall–Kier alpha value is -2.03. The van der Waals surface area contributed by atoms with Crippen LogP contribution in [0.3, 0.4) is 0 Å². The van der Waals surface area contributed by atoms with Gasteiger partial charge in [0.15, 0.2) is 0 Å². The molecule has 0 fully saturated rings. The number of aryl methyl sites for hydroxylation is 1. The van der Waals surface area contributed by atoms with Crippen LogP contribution in [0.5, 0.6) is 0 Å². The van der Waals surface area contributed by atoms with Crippen LogP contribution >= 0.6 is 0 Å². The summed E-state index contributed by atoms with van der Waals surface area (Å²) >= 11 is 0. The SMILES string of the molecule is Cc1cc(C(=O)N(C)Cc2ccccc2)c(C)n1C(C)C. The molecule has 0 bridgehead atoms. The second-order valence-corrected chi connectivity index (χ2v) is 5.90. The summed E-state index contributed by atoms with van der Waals surface area (Å²) in [4.78, 5) is 14.5. The molecule has 0 N–H and O–H groups in total. The minimum Gasteiger partial charge on any atom is -0.346 e. The van der Waals surface area contributed by atoms with Crippen LogP contribution in [-0.4, -0.2) is 22.4 Å². The van der Waals surface area contributed by atoms with Crippen LogP contribution in [0.15, 0.2) is 36.4 Å². The topological polar surface area (TPSA) is 25.2 Å². The van der Waals surface area contributed by atoms with Gasteiger partial charge in [0.2, 0.25) is 0 Å². The fourth-order valence-corrected chi connectivity index (χ4v) is 2.92. The van der Waals surface area contributed by atoms with E-state index in [1.807, 2.05) is 50.4 Å². The third-order valence-corrected chi connectivity index (χ3v) is 3.84. The molecule has 2 aromatic rings. The van der Waals surface area contributed by atoms with Gasteiger partial charge in [0.05, 0.1) is 5.56 Å². The molecule has 0 aliphatic heterocycles. The second-order valence-electron chi connectivity index (χ2n) is 5.90. The van der Waals surface area contributed by atoms with Crippen molar-refractivity contribution in [3.63, 3.8) is 0 Å². The van der Waals surface area contributed by atoms with Gasteiger partial charge in [-0.15, -0.1) is 0 Å². The van der Waals surface area contributed by atoms with Crippen LogP contribution in [0.1, 0.15) is 47.2 Å². The standard InChI is InChI=1S/C18H24N2O/c1-13(2)20-14(3)11-17(15(20)4)18(21)19(5)12-16-9-7-6-8-10-16/h6-11,13H,12H2,1-5H3. The molecule has 0 saturated heterocycles. The molecule has 0 unspecified atom stereocenters. The molecule has 0 atom stereocenters. The van der Waals surface area contributed by atoms with Crippen molar-refractivity contribution in [2.24, 2.45) is 0 Å². The Bertz CT molecular complexity index is 626. The summed E-state index contributed by atoms with van der Waals surface area (Å²) in [5.41, 5.74) is 4.14. The summed E-state index contributed by atoms with van der Waals surface area (Å²) in [7, 11) is 1.86. The van der Waals surface area contributed by atoms with Crippen LogP contribution in [0.2, 0.25) is 0 Å². The van der Waals surface area contributed by atoms with E-state index in [0.29, 0.717) is 12.6 Å². The van der Waals surface area contributed by atoms with Gasteiger partial charge in [-0.1, -0.05) is 30.3 Å². The van der Waals surface area contributed by atoms with Gasteiger partial charge in [0.25, 0.3) is 5.91 Å². The van der Waals surface area contributed by atoms with Gasteiger partial charge in [-0.05, 0) is 39.3 Å². The van der Waals surface area contributed by atoms with Crippen molar-refractivity contribution in [2.45, 2.75) is 40.3 Å². The Morgan fingerprint density at radius 2 is 1.81 bits per heavy atom. The van der Waals surface area contributed by atoms with Crippen LogP contribution in [-0.2, 0) is 6.54 Å². The van der Waals surface area contributed by atoms with Crippen molar-refractivity contribution in [1.29, 1.82) is 0 Å². The molecule has 3 heteroatoms. The van der Waals surface area contributed by atoms with Crippen molar-refractivity contribution in [3.8, 4) is 0 Å². The molecule has 0 radical (unpaired) electrons. The number of nitrogens with zero attached hydrogens (tertiary/aromatic N) is 2. The highest BCUT2D eigenvalue weighted by molar-refractivity contribution is 5.95. The molecule has 21 heavy (non-hydrogen) atoms. The van der Waals surface area contributed by atoms with Crippen molar-refractivity contribution in [3.05, 3.63) is 58.9 Å². The van der Waals surface area contributed by atoms with Crippen LogP contribution in [0.4, 0.5) is 0 Å². The molecule has 3 nitrogen and oxygen atoms in total. The van der Waals surface area contributed by atoms with Gasteiger partial charge in [-0.25, -0.2) is 0 Å². The Labute approximate surface area is 127 Å². The maximum Gasteiger partial charge on any atom is 0.255 e. The van der Waals surface area contributed by atoms with Crippen LogP contribution < -0.4 is 0 Å². The number of rotatable bonds is 4. The number of carbonyl (C=O) groups is 1. The number of aromatic nitrogens is 1. The molecule has 2 rings (SSSR count). The highest BCUT2D eigenvalue weighted by Crippen LogP contribution is 2.21. The summed E-state index contributed by atoms with van der Waals surface area (Å²) in [6.07, 6.45) is 0. The monoisotopic (exact) mass is 284 g/mol. The minimum atomic E-state index is 0.0823. The van der Waals surface area contributed by atoms with Gasteiger partial charge in [0, 0.05) is 31.0 Å². The molecule has 1 heterocycles. The predicted molar refractivity (Wildman–Crippen MR) is 86.5 cm³/mol. The zero-order valence-corrected chi connectivity index (χ0v) is 13.6. The summed E-state index contributed by atoms with van der Waals surface area (Å²) < 4.78 is 2.21. The fraction of sp³-hybridized carbons (Fsp3) is 0.389. The lowest BCUT2D eigenvalue weighted by molar-refractivity contribution is 0.0784. The molecule has 1 amide bonds. The van der Waals surface area contributed by atoms with Crippen LogP contribution in [0.25, 0.3) is 0 Å². The van der Waals surface area contributed by atoms with E-state index >= 15 is 0 Å². The van der Waals surface area contributed by atoms with Gasteiger partial charge in [-0.2, -0.15) is 0 Å². The predicted octanol–water partition coefficient (Wildman–Crippen LogP) is 3.96. The number of hydrogen-bond donors (Lipinski definition) is 0. The van der Waals surface area contributed by atoms with E-state index in [2.05, 4.69) is 25.3 Å². The zero-order valence-electron chi connectivity index (χ0n) is 13.6. The first-order valence-electron chi connectivity index (χ1n) is 7.39.